The van der Waals surface area contributed by atoms with Gasteiger partial charge in [-0.15, -0.1) is 0 Å². The number of methoxy groups -OCH3 is 1. The predicted molar refractivity (Wildman–Crippen MR) is 80.6 cm³/mol. The Hall–Kier alpha value is -1.13. The third-order valence-electron chi connectivity index (χ3n) is 4.04. The van der Waals surface area contributed by atoms with E-state index in [2.05, 4.69) is 17.1 Å². The Morgan fingerprint density at radius 2 is 2.30 bits per heavy atom. The second kappa shape index (κ2) is 7.60. The number of nitrogens with zero attached hydrogens (tertiary/aromatic N) is 1. The molecule has 1 fully saturated rings. The molecular formula is C16H25FN2O. The lowest BCUT2D eigenvalue weighted by atomic mass is 10.1. The molecule has 1 saturated heterocycles. The Labute approximate surface area is 121 Å². The van der Waals surface area contributed by atoms with Gasteiger partial charge >= 0.3 is 0 Å². The third kappa shape index (κ3) is 3.49. The van der Waals surface area contributed by atoms with Gasteiger partial charge in [-0.25, -0.2) is 4.39 Å². The van der Waals surface area contributed by atoms with Crippen LogP contribution in [0.25, 0.3) is 0 Å². The molecule has 3 nitrogen and oxygen atoms in total. The van der Waals surface area contributed by atoms with Crippen molar-refractivity contribution in [2.24, 2.45) is 0 Å². The van der Waals surface area contributed by atoms with E-state index in [1.54, 1.807) is 13.2 Å². The fraction of sp³-hybridized carbons (Fsp3) is 0.625. The zero-order valence-corrected chi connectivity index (χ0v) is 12.5. The van der Waals surface area contributed by atoms with Gasteiger partial charge < -0.3 is 15.0 Å². The van der Waals surface area contributed by atoms with Gasteiger partial charge in [-0.3, -0.25) is 0 Å². The van der Waals surface area contributed by atoms with Crippen LogP contribution in [0, 0.1) is 5.82 Å². The molecular weight excluding hydrogens is 255 g/mol. The van der Waals surface area contributed by atoms with Crippen LogP contribution < -0.4 is 10.2 Å². The summed E-state index contributed by atoms with van der Waals surface area (Å²) in [6, 6.07) is 5.96. The maximum Gasteiger partial charge on any atom is 0.129 e. The number of anilines is 1. The quantitative estimate of drug-likeness (QED) is 0.777. The Bertz CT molecular complexity index is 425. The third-order valence-corrected chi connectivity index (χ3v) is 4.04. The van der Waals surface area contributed by atoms with E-state index in [1.165, 1.54) is 12.8 Å². The second-order valence-electron chi connectivity index (χ2n) is 5.30. The van der Waals surface area contributed by atoms with Gasteiger partial charge in [0.1, 0.15) is 5.82 Å². The number of hydrogen-bond acceptors (Lipinski definition) is 3. The Morgan fingerprint density at radius 3 is 3.05 bits per heavy atom. The Balaban J connectivity index is 2.13. The zero-order valence-electron chi connectivity index (χ0n) is 12.5. The molecule has 112 valence electrons. The van der Waals surface area contributed by atoms with Crippen LogP contribution in [-0.4, -0.2) is 32.8 Å². The summed E-state index contributed by atoms with van der Waals surface area (Å²) in [6.45, 7) is 5.18. The van der Waals surface area contributed by atoms with E-state index >= 15 is 0 Å². The molecule has 0 spiro atoms. The maximum absolute atomic E-state index is 14.1. The van der Waals surface area contributed by atoms with Crippen molar-refractivity contribution in [3.63, 3.8) is 0 Å². The summed E-state index contributed by atoms with van der Waals surface area (Å²) in [6.07, 6.45) is 3.53. The van der Waals surface area contributed by atoms with E-state index in [4.69, 9.17) is 4.74 Å². The molecule has 0 bridgehead atoms. The molecule has 0 saturated carbocycles. The largest absolute Gasteiger partial charge is 0.383 e. The van der Waals surface area contributed by atoms with Gasteiger partial charge in [-0.1, -0.05) is 13.0 Å². The van der Waals surface area contributed by atoms with Gasteiger partial charge in [0.25, 0.3) is 0 Å². The lowest BCUT2D eigenvalue weighted by Crippen LogP contribution is -2.30. The number of hydrogen-bond donors (Lipinski definition) is 1. The van der Waals surface area contributed by atoms with Gasteiger partial charge in [0.2, 0.25) is 0 Å². The maximum atomic E-state index is 14.1. The minimum Gasteiger partial charge on any atom is -0.383 e. The standard InChI is InChI=1S/C16H25FN2O/c1-3-13-6-5-10-19(13)16-8-4-7-15(17)14(16)12-18-9-11-20-2/h4,7-8,13,18H,3,5-6,9-12H2,1-2H3. The predicted octanol–water partition coefficient (Wildman–Crippen LogP) is 2.94. The van der Waals surface area contributed by atoms with Crippen molar-refractivity contribution >= 4 is 5.69 Å². The van der Waals surface area contributed by atoms with Crippen molar-refractivity contribution in [1.82, 2.24) is 5.32 Å². The van der Waals surface area contributed by atoms with Gasteiger partial charge in [-0.05, 0) is 31.4 Å². The van der Waals surface area contributed by atoms with Gasteiger partial charge in [0, 0.05) is 44.0 Å². The molecule has 0 aliphatic carbocycles. The van der Waals surface area contributed by atoms with Crippen LogP contribution in [-0.2, 0) is 11.3 Å². The van der Waals surface area contributed by atoms with Gasteiger partial charge in [0.15, 0.2) is 0 Å². The fourth-order valence-corrected chi connectivity index (χ4v) is 2.96. The minimum absolute atomic E-state index is 0.117. The van der Waals surface area contributed by atoms with Crippen LogP contribution in [0.15, 0.2) is 18.2 Å². The first kappa shape index (κ1) is 15.3. The first-order chi connectivity index (χ1) is 9.77. The zero-order chi connectivity index (χ0) is 14.4. The molecule has 2 rings (SSSR count). The molecule has 0 amide bonds. The van der Waals surface area contributed by atoms with Crippen molar-refractivity contribution in [1.29, 1.82) is 0 Å². The summed E-state index contributed by atoms with van der Waals surface area (Å²) < 4.78 is 19.2. The molecule has 20 heavy (non-hydrogen) atoms. The van der Waals surface area contributed by atoms with Crippen LogP contribution in [0.4, 0.5) is 10.1 Å². The van der Waals surface area contributed by atoms with Crippen molar-refractivity contribution in [3.05, 3.63) is 29.6 Å². The highest BCUT2D eigenvalue weighted by atomic mass is 19.1. The van der Waals surface area contributed by atoms with Crippen LogP contribution >= 0.6 is 0 Å². The SMILES string of the molecule is CCC1CCCN1c1cccc(F)c1CNCCOC. The highest BCUT2D eigenvalue weighted by molar-refractivity contribution is 5.55. The normalized spacial score (nSPS) is 18.8. The summed E-state index contributed by atoms with van der Waals surface area (Å²) in [5.41, 5.74) is 1.84. The van der Waals surface area contributed by atoms with Crippen molar-refractivity contribution in [3.8, 4) is 0 Å². The fourth-order valence-electron chi connectivity index (χ4n) is 2.96. The first-order valence-electron chi connectivity index (χ1n) is 7.51. The topological polar surface area (TPSA) is 24.5 Å². The lowest BCUT2D eigenvalue weighted by Gasteiger charge is -2.28. The average Bonchev–Trinajstić information content (AvgIpc) is 2.93. The molecule has 0 aromatic heterocycles. The number of ether oxygens (including phenoxy) is 1. The van der Waals surface area contributed by atoms with Gasteiger partial charge in [0.05, 0.1) is 6.61 Å². The number of benzene rings is 1. The van der Waals surface area contributed by atoms with Crippen molar-refractivity contribution in [2.75, 3.05) is 31.7 Å². The number of rotatable bonds is 7. The van der Waals surface area contributed by atoms with E-state index in [0.717, 1.165) is 30.8 Å². The molecule has 1 aliphatic rings. The molecule has 1 aromatic rings. The van der Waals surface area contributed by atoms with Crippen molar-refractivity contribution < 1.29 is 9.13 Å². The summed E-state index contributed by atoms with van der Waals surface area (Å²) in [5, 5.41) is 3.25. The van der Waals surface area contributed by atoms with E-state index < -0.39 is 0 Å². The summed E-state index contributed by atoms with van der Waals surface area (Å²) in [7, 11) is 1.67. The first-order valence-corrected chi connectivity index (χ1v) is 7.51. The number of nitrogens with one attached hydrogen (secondary N) is 1. The highest BCUT2D eigenvalue weighted by Crippen LogP contribution is 2.31. The Kier molecular flexibility index (Phi) is 5.80. The molecule has 1 atom stereocenters. The van der Waals surface area contributed by atoms with Crippen LogP contribution in [0.3, 0.4) is 0 Å². The van der Waals surface area contributed by atoms with E-state index in [-0.39, 0.29) is 5.82 Å². The highest BCUT2D eigenvalue weighted by Gasteiger charge is 2.25. The van der Waals surface area contributed by atoms with E-state index in [9.17, 15) is 4.39 Å². The van der Waals surface area contributed by atoms with Crippen LogP contribution in [0.1, 0.15) is 31.7 Å². The monoisotopic (exact) mass is 280 g/mol. The number of halogens is 1. The van der Waals surface area contributed by atoms with Gasteiger partial charge in [-0.2, -0.15) is 0 Å². The second-order valence-corrected chi connectivity index (χ2v) is 5.30. The lowest BCUT2D eigenvalue weighted by molar-refractivity contribution is 0.199. The van der Waals surface area contributed by atoms with Crippen LogP contribution in [0.2, 0.25) is 0 Å². The Morgan fingerprint density at radius 1 is 1.45 bits per heavy atom. The van der Waals surface area contributed by atoms with Crippen molar-refractivity contribution in [2.45, 2.75) is 38.8 Å². The molecule has 1 heterocycles. The summed E-state index contributed by atoms with van der Waals surface area (Å²) in [5.74, 6) is -0.117. The van der Waals surface area contributed by atoms with Crippen LogP contribution in [0.5, 0.6) is 0 Å². The molecule has 1 aliphatic heterocycles. The van der Waals surface area contributed by atoms with E-state index in [1.807, 2.05) is 12.1 Å². The molecule has 1 aromatic carbocycles. The summed E-state index contributed by atoms with van der Waals surface area (Å²) >= 11 is 0. The smallest absolute Gasteiger partial charge is 0.129 e. The molecule has 4 heteroatoms. The minimum atomic E-state index is -0.117. The molecule has 0 radical (unpaired) electrons. The van der Waals surface area contributed by atoms with E-state index in [0.29, 0.717) is 19.2 Å². The molecule has 1 N–H and O–H groups in total. The average molecular weight is 280 g/mol. The molecule has 1 unspecified atom stereocenters. The summed E-state index contributed by atoms with van der Waals surface area (Å²) in [4.78, 5) is 2.37.